The monoisotopic (exact) mass is 400 g/mol. The van der Waals surface area contributed by atoms with Crippen LogP contribution in [-0.2, 0) is 22.8 Å². The first kappa shape index (κ1) is 19.8. The summed E-state index contributed by atoms with van der Waals surface area (Å²) in [4.78, 5) is 4.58. The zero-order valence-corrected chi connectivity index (χ0v) is 17.0. The molecule has 8 nitrogen and oxygen atoms in total. The smallest absolute Gasteiger partial charge is 0.191 e. The van der Waals surface area contributed by atoms with E-state index in [2.05, 4.69) is 25.8 Å². The Morgan fingerprint density at radius 1 is 1.18 bits per heavy atom. The minimum atomic E-state index is -3.20. The predicted molar refractivity (Wildman–Crippen MR) is 109 cm³/mol. The molecule has 0 spiro atoms. The zero-order valence-electron chi connectivity index (χ0n) is 16.2. The van der Waals surface area contributed by atoms with Gasteiger partial charge in [-0.05, 0) is 36.2 Å². The summed E-state index contributed by atoms with van der Waals surface area (Å²) in [6, 6.07) is 11.1. The molecule has 0 unspecified atom stereocenters. The Kier molecular flexibility index (Phi) is 5.93. The summed E-state index contributed by atoms with van der Waals surface area (Å²) in [5, 5.41) is 14.8. The summed E-state index contributed by atoms with van der Waals surface area (Å²) < 4.78 is 25.4. The molecule has 0 atom stereocenters. The van der Waals surface area contributed by atoms with E-state index in [4.69, 9.17) is 0 Å². The molecule has 0 bridgehead atoms. The van der Waals surface area contributed by atoms with Crippen molar-refractivity contribution in [3.63, 3.8) is 0 Å². The highest BCUT2D eigenvalue weighted by atomic mass is 32.2. The number of sulfone groups is 1. The van der Waals surface area contributed by atoms with Gasteiger partial charge in [0.05, 0.1) is 4.90 Å². The number of nitrogens with zero attached hydrogens (tertiary/aromatic N) is 4. The third kappa shape index (κ3) is 4.66. The second kappa shape index (κ2) is 8.39. The number of nitrogens with one attached hydrogen (secondary N) is 2. The molecule has 3 rings (SSSR count). The molecule has 0 radical (unpaired) electrons. The molecule has 0 aliphatic heterocycles. The number of rotatable bonds is 6. The molecule has 28 heavy (non-hydrogen) atoms. The van der Waals surface area contributed by atoms with E-state index in [0.717, 1.165) is 22.6 Å². The van der Waals surface area contributed by atoms with Crippen LogP contribution in [0.1, 0.15) is 17.0 Å². The first-order valence-corrected chi connectivity index (χ1v) is 10.8. The van der Waals surface area contributed by atoms with E-state index in [9.17, 15) is 8.42 Å². The van der Waals surface area contributed by atoms with Crippen molar-refractivity contribution in [1.82, 2.24) is 25.2 Å². The lowest BCUT2D eigenvalue weighted by Gasteiger charge is -2.13. The Hall–Kier alpha value is -2.94. The quantitative estimate of drug-likeness (QED) is 0.478. The van der Waals surface area contributed by atoms with Crippen molar-refractivity contribution >= 4 is 21.4 Å². The van der Waals surface area contributed by atoms with E-state index in [0.29, 0.717) is 30.4 Å². The Morgan fingerprint density at radius 2 is 2.00 bits per heavy atom. The van der Waals surface area contributed by atoms with Crippen molar-refractivity contribution in [2.24, 2.45) is 4.99 Å². The van der Waals surface area contributed by atoms with Gasteiger partial charge in [-0.3, -0.25) is 9.39 Å². The van der Waals surface area contributed by atoms with Crippen LogP contribution in [0.4, 0.5) is 0 Å². The average molecular weight is 401 g/mol. The fraction of sp³-hybridized carbons (Fsp3) is 0.316. The molecule has 0 saturated carbocycles. The average Bonchev–Trinajstić information content (AvgIpc) is 3.06. The highest BCUT2D eigenvalue weighted by Crippen LogP contribution is 2.16. The van der Waals surface area contributed by atoms with Gasteiger partial charge in [0.1, 0.15) is 5.82 Å². The van der Waals surface area contributed by atoms with Crippen LogP contribution in [-0.4, -0.2) is 48.8 Å². The Balaban J connectivity index is 1.54. The number of pyridine rings is 1. The van der Waals surface area contributed by atoms with Gasteiger partial charge in [-0.1, -0.05) is 18.2 Å². The highest BCUT2D eigenvalue weighted by molar-refractivity contribution is 7.90. The molecular weight excluding hydrogens is 376 g/mol. The first-order chi connectivity index (χ1) is 13.4. The number of guanidine groups is 1. The topological polar surface area (TPSA) is 101 Å². The lowest BCUT2D eigenvalue weighted by Crippen LogP contribution is -2.38. The molecule has 1 aromatic carbocycles. The van der Waals surface area contributed by atoms with Gasteiger partial charge in [-0.15, -0.1) is 10.2 Å². The van der Waals surface area contributed by atoms with Crippen molar-refractivity contribution < 1.29 is 8.42 Å². The van der Waals surface area contributed by atoms with Crippen molar-refractivity contribution in [3.05, 3.63) is 59.5 Å². The van der Waals surface area contributed by atoms with Crippen LogP contribution in [0.2, 0.25) is 0 Å². The Labute approximate surface area is 164 Å². The molecule has 0 amide bonds. The maximum Gasteiger partial charge on any atom is 0.191 e. The van der Waals surface area contributed by atoms with E-state index in [-0.39, 0.29) is 0 Å². The largest absolute Gasteiger partial charge is 0.356 e. The molecule has 3 aromatic rings. The SMILES string of the molecule is CN=C(NCCc1nnc2ccccn12)NCc1ccc(S(C)(=O)=O)c(C)c1. The predicted octanol–water partition coefficient (Wildman–Crippen LogP) is 1.35. The molecule has 148 valence electrons. The van der Waals surface area contributed by atoms with E-state index >= 15 is 0 Å². The zero-order chi connectivity index (χ0) is 20.1. The molecule has 2 N–H and O–H groups in total. The van der Waals surface area contributed by atoms with Crippen LogP contribution in [0.5, 0.6) is 0 Å². The van der Waals surface area contributed by atoms with Gasteiger partial charge in [-0.2, -0.15) is 0 Å². The number of hydrogen-bond donors (Lipinski definition) is 2. The second-order valence-corrected chi connectivity index (χ2v) is 8.50. The van der Waals surface area contributed by atoms with Gasteiger partial charge in [0, 0.05) is 39.0 Å². The van der Waals surface area contributed by atoms with Crippen LogP contribution in [0.3, 0.4) is 0 Å². The molecule has 2 aromatic heterocycles. The summed E-state index contributed by atoms with van der Waals surface area (Å²) >= 11 is 0. The summed E-state index contributed by atoms with van der Waals surface area (Å²) in [6.45, 7) is 3.00. The number of benzene rings is 1. The summed E-state index contributed by atoms with van der Waals surface area (Å²) in [6.07, 6.45) is 3.87. The summed E-state index contributed by atoms with van der Waals surface area (Å²) in [5.74, 6) is 1.55. The van der Waals surface area contributed by atoms with Crippen molar-refractivity contribution in [2.45, 2.75) is 24.8 Å². The third-order valence-corrected chi connectivity index (χ3v) is 5.60. The van der Waals surface area contributed by atoms with Crippen LogP contribution in [0.25, 0.3) is 5.65 Å². The molecule has 9 heteroatoms. The molecule has 2 heterocycles. The van der Waals surface area contributed by atoms with Crippen LogP contribution < -0.4 is 10.6 Å². The maximum atomic E-state index is 11.7. The van der Waals surface area contributed by atoms with E-state index in [1.165, 1.54) is 6.26 Å². The number of aromatic nitrogens is 3. The van der Waals surface area contributed by atoms with E-state index < -0.39 is 9.84 Å². The number of fused-ring (bicyclic) bond motifs is 1. The number of hydrogen-bond acceptors (Lipinski definition) is 5. The highest BCUT2D eigenvalue weighted by Gasteiger charge is 2.11. The summed E-state index contributed by atoms with van der Waals surface area (Å²) in [7, 11) is -1.50. The normalized spacial score (nSPS) is 12.3. The lowest BCUT2D eigenvalue weighted by atomic mass is 10.1. The van der Waals surface area contributed by atoms with Gasteiger partial charge < -0.3 is 10.6 Å². The van der Waals surface area contributed by atoms with E-state index in [1.54, 1.807) is 20.0 Å². The van der Waals surface area contributed by atoms with Crippen molar-refractivity contribution in [1.29, 1.82) is 0 Å². The molecule has 0 aliphatic rings. The van der Waals surface area contributed by atoms with Gasteiger partial charge in [-0.25, -0.2) is 8.42 Å². The Morgan fingerprint density at radius 3 is 2.71 bits per heavy atom. The van der Waals surface area contributed by atoms with Crippen LogP contribution >= 0.6 is 0 Å². The van der Waals surface area contributed by atoms with Gasteiger partial charge >= 0.3 is 0 Å². The molecular formula is C19H24N6O2S. The van der Waals surface area contributed by atoms with Crippen molar-refractivity contribution in [2.75, 3.05) is 19.8 Å². The number of aliphatic imine (C=N–C) groups is 1. The van der Waals surface area contributed by atoms with Gasteiger partial charge in [0.25, 0.3) is 0 Å². The molecule has 0 aliphatic carbocycles. The first-order valence-electron chi connectivity index (χ1n) is 8.91. The maximum absolute atomic E-state index is 11.7. The van der Waals surface area contributed by atoms with Crippen molar-refractivity contribution in [3.8, 4) is 0 Å². The van der Waals surface area contributed by atoms with Crippen LogP contribution in [0, 0.1) is 6.92 Å². The molecule has 0 saturated heterocycles. The molecule has 0 fully saturated rings. The number of aryl methyl sites for hydroxylation is 1. The van der Waals surface area contributed by atoms with E-state index in [1.807, 2.05) is 40.9 Å². The minimum Gasteiger partial charge on any atom is -0.356 e. The fourth-order valence-electron chi connectivity index (χ4n) is 3.00. The second-order valence-electron chi connectivity index (χ2n) is 6.52. The Bertz CT molecular complexity index is 1100. The lowest BCUT2D eigenvalue weighted by molar-refractivity contribution is 0.601. The third-order valence-electron chi connectivity index (χ3n) is 4.35. The summed E-state index contributed by atoms with van der Waals surface area (Å²) in [5.41, 5.74) is 2.55. The standard InChI is InChI=1S/C19H24N6O2S/c1-14-12-15(7-8-16(14)28(3,26)27)13-22-19(20-2)21-10-9-18-24-23-17-6-4-5-11-25(17)18/h4-8,11-12H,9-10,13H2,1-3H3,(H2,20,21,22). The van der Waals surface area contributed by atoms with Gasteiger partial charge in [0.15, 0.2) is 21.4 Å². The minimum absolute atomic E-state index is 0.360. The fourth-order valence-corrected chi connectivity index (χ4v) is 3.96. The van der Waals surface area contributed by atoms with Gasteiger partial charge in [0.2, 0.25) is 0 Å². The van der Waals surface area contributed by atoms with Crippen LogP contribution in [0.15, 0.2) is 52.5 Å².